The van der Waals surface area contributed by atoms with E-state index >= 15 is 0 Å². The molecule has 1 heterocycles. The van der Waals surface area contributed by atoms with Crippen LogP contribution >= 0.6 is 0 Å². The molecule has 5 nitrogen and oxygen atoms in total. The van der Waals surface area contributed by atoms with Crippen molar-refractivity contribution in [2.75, 3.05) is 19.8 Å². The number of nitrogens with two attached hydrogens (primary N) is 1. The molecule has 15 heavy (non-hydrogen) atoms. The summed E-state index contributed by atoms with van der Waals surface area (Å²) in [6, 6.07) is 0. The molecule has 0 aliphatic heterocycles. The van der Waals surface area contributed by atoms with E-state index in [1.165, 1.54) is 25.2 Å². The van der Waals surface area contributed by atoms with Gasteiger partial charge in [0.05, 0.1) is 11.9 Å². The van der Waals surface area contributed by atoms with Crippen LogP contribution < -0.4 is 5.73 Å². The number of aromatic nitrogens is 2. The van der Waals surface area contributed by atoms with E-state index in [0.29, 0.717) is 0 Å². The van der Waals surface area contributed by atoms with Crippen molar-refractivity contribution in [1.29, 1.82) is 0 Å². The van der Waals surface area contributed by atoms with Gasteiger partial charge in [0.15, 0.2) is 0 Å². The quantitative estimate of drug-likeness (QED) is 0.800. The maximum Gasteiger partial charge on any atom is 0.273 e. The van der Waals surface area contributed by atoms with Crippen LogP contribution in [-0.2, 0) is 6.54 Å². The van der Waals surface area contributed by atoms with Gasteiger partial charge in [-0.3, -0.25) is 9.48 Å². The smallest absolute Gasteiger partial charge is 0.273 e. The molecule has 1 amide bonds. The predicted molar refractivity (Wildman–Crippen MR) is 50.7 cm³/mol. The van der Waals surface area contributed by atoms with Gasteiger partial charge < -0.3 is 10.6 Å². The van der Waals surface area contributed by atoms with Crippen molar-refractivity contribution in [3.8, 4) is 0 Å². The summed E-state index contributed by atoms with van der Waals surface area (Å²) in [5, 5.41) is 3.62. The SMILES string of the molecule is CN(C)C(=O)c1c(N)cnn1CC(F)F. The standard InChI is InChI=1S/C8H12F2N4O/c1-13(2)8(15)7-5(11)3-12-14(7)4-6(9)10/h3,6H,4,11H2,1-2H3. The topological polar surface area (TPSA) is 64.2 Å². The Balaban J connectivity index is 3.04. The Morgan fingerprint density at radius 1 is 1.67 bits per heavy atom. The first-order valence-electron chi connectivity index (χ1n) is 4.24. The fourth-order valence-corrected chi connectivity index (χ4v) is 1.11. The van der Waals surface area contributed by atoms with Gasteiger partial charge in [-0.15, -0.1) is 0 Å². The zero-order valence-electron chi connectivity index (χ0n) is 8.44. The number of alkyl halides is 2. The lowest BCUT2D eigenvalue weighted by molar-refractivity contribution is 0.0801. The van der Waals surface area contributed by atoms with Gasteiger partial charge in [-0.2, -0.15) is 5.10 Å². The molecule has 0 aliphatic rings. The molecule has 0 aliphatic carbocycles. The van der Waals surface area contributed by atoms with E-state index in [9.17, 15) is 13.6 Å². The average Bonchev–Trinajstić information content (AvgIpc) is 2.45. The lowest BCUT2D eigenvalue weighted by Gasteiger charge is -2.12. The van der Waals surface area contributed by atoms with Gasteiger partial charge in [0.2, 0.25) is 0 Å². The molecule has 0 bridgehead atoms. The molecule has 1 aromatic heterocycles. The Morgan fingerprint density at radius 2 is 2.27 bits per heavy atom. The number of nitrogens with zero attached hydrogens (tertiary/aromatic N) is 3. The Kier molecular flexibility index (Phi) is 3.23. The molecule has 0 aromatic carbocycles. The van der Waals surface area contributed by atoms with Crippen molar-refractivity contribution in [2.24, 2.45) is 0 Å². The van der Waals surface area contributed by atoms with Gasteiger partial charge in [-0.25, -0.2) is 8.78 Å². The molecule has 2 N–H and O–H groups in total. The fraction of sp³-hybridized carbons (Fsp3) is 0.500. The first-order chi connectivity index (χ1) is 6.93. The number of hydrogen-bond donors (Lipinski definition) is 1. The van der Waals surface area contributed by atoms with Crippen molar-refractivity contribution in [2.45, 2.75) is 13.0 Å². The second kappa shape index (κ2) is 4.24. The maximum atomic E-state index is 12.1. The fourth-order valence-electron chi connectivity index (χ4n) is 1.11. The molecule has 0 atom stereocenters. The van der Waals surface area contributed by atoms with Gasteiger partial charge in [-0.1, -0.05) is 0 Å². The summed E-state index contributed by atoms with van der Waals surface area (Å²) < 4.78 is 25.2. The molecule has 0 saturated carbocycles. The van der Waals surface area contributed by atoms with Crippen LogP contribution in [0.2, 0.25) is 0 Å². The predicted octanol–water partition coefficient (Wildman–Crippen LogP) is 0.432. The monoisotopic (exact) mass is 218 g/mol. The van der Waals surface area contributed by atoms with E-state index in [1.807, 2.05) is 0 Å². The van der Waals surface area contributed by atoms with Crippen LogP contribution in [0.4, 0.5) is 14.5 Å². The third-order valence-corrected chi connectivity index (χ3v) is 1.79. The van der Waals surface area contributed by atoms with Gasteiger partial charge in [0.25, 0.3) is 12.3 Å². The number of rotatable bonds is 3. The molecule has 0 spiro atoms. The van der Waals surface area contributed by atoms with Crippen LogP contribution in [0.25, 0.3) is 0 Å². The summed E-state index contributed by atoms with van der Waals surface area (Å²) in [7, 11) is 3.03. The van der Waals surface area contributed by atoms with Crippen LogP contribution in [0, 0.1) is 0 Å². The zero-order valence-corrected chi connectivity index (χ0v) is 8.44. The second-order valence-electron chi connectivity index (χ2n) is 3.22. The number of nitrogen functional groups attached to an aromatic ring is 1. The highest BCUT2D eigenvalue weighted by molar-refractivity contribution is 5.97. The first-order valence-corrected chi connectivity index (χ1v) is 4.24. The lowest BCUT2D eigenvalue weighted by atomic mass is 10.3. The minimum absolute atomic E-state index is 0.000278. The van der Waals surface area contributed by atoms with Crippen molar-refractivity contribution < 1.29 is 13.6 Å². The maximum absolute atomic E-state index is 12.1. The third kappa shape index (κ3) is 2.42. The first kappa shape index (κ1) is 11.4. The van der Waals surface area contributed by atoms with Crippen molar-refractivity contribution in [1.82, 2.24) is 14.7 Å². The molecule has 1 rings (SSSR count). The van der Waals surface area contributed by atoms with Crippen LogP contribution in [-0.4, -0.2) is 41.1 Å². The van der Waals surface area contributed by atoms with E-state index in [2.05, 4.69) is 5.10 Å². The second-order valence-corrected chi connectivity index (χ2v) is 3.22. The summed E-state index contributed by atoms with van der Waals surface area (Å²) in [4.78, 5) is 12.8. The van der Waals surface area contributed by atoms with E-state index in [0.717, 1.165) is 4.68 Å². The van der Waals surface area contributed by atoms with Crippen molar-refractivity contribution in [3.63, 3.8) is 0 Å². The summed E-state index contributed by atoms with van der Waals surface area (Å²) in [5.41, 5.74) is 5.59. The van der Waals surface area contributed by atoms with E-state index in [-0.39, 0.29) is 11.4 Å². The number of amides is 1. The lowest BCUT2D eigenvalue weighted by Crippen LogP contribution is -2.27. The van der Waals surface area contributed by atoms with E-state index in [4.69, 9.17) is 5.73 Å². The molecule has 0 radical (unpaired) electrons. The minimum atomic E-state index is -2.57. The summed E-state index contributed by atoms with van der Waals surface area (Å²) in [6.45, 7) is -0.633. The molecule has 0 unspecified atom stereocenters. The molecule has 0 saturated heterocycles. The van der Waals surface area contributed by atoms with Crippen LogP contribution in [0.3, 0.4) is 0 Å². The summed E-state index contributed by atoms with van der Waals surface area (Å²) in [6.07, 6.45) is -1.38. The molecular formula is C8H12F2N4O. The van der Waals surface area contributed by atoms with Crippen LogP contribution in [0.1, 0.15) is 10.5 Å². The minimum Gasteiger partial charge on any atom is -0.396 e. The van der Waals surface area contributed by atoms with Crippen LogP contribution in [0.15, 0.2) is 6.20 Å². The Morgan fingerprint density at radius 3 is 2.73 bits per heavy atom. The Labute approximate surface area is 85.5 Å². The Bertz CT molecular complexity index is 362. The number of halogens is 2. The number of carbonyl (C=O) groups is 1. The largest absolute Gasteiger partial charge is 0.396 e. The van der Waals surface area contributed by atoms with E-state index < -0.39 is 18.9 Å². The Hall–Kier alpha value is -1.66. The highest BCUT2D eigenvalue weighted by atomic mass is 19.3. The van der Waals surface area contributed by atoms with Gasteiger partial charge in [-0.05, 0) is 0 Å². The molecule has 7 heteroatoms. The van der Waals surface area contributed by atoms with Crippen LogP contribution in [0.5, 0.6) is 0 Å². The zero-order chi connectivity index (χ0) is 11.6. The normalized spacial score (nSPS) is 10.7. The summed E-state index contributed by atoms with van der Waals surface area (Å²) in [5.74, 6) is -0.439. The number of carbonyl (C=O) groups excluding carboxylic acids is 1. The number of hydrogen-bond acceptors (Lipinski definition) is 3. The van der Waals surface area contributed by atoms with Crippen molar-refractivity contribution in [3.05, 3.63) is 11.9 Å². The average molecular weight is 218 g/mol. The van der Waals surface area contributed by atoms with Gasteiger partial charge in [0, 0.05) is 14.1 Å². The molecule has 84 valence electrons. The molecular weight excluding hydrogens is 206 g/mol. The summed E-state index contributed by atoms with van der Waals surface area (Å²) >= 11 is 0. The van der Waals surface area contributed by atoms with E-state index in [1.54, 1.807) is 0 Å². The third-order valence-electron chi connectivity index (χ3n) is 1.79. The number of anilines is 1. The highest BCUT2D eigenvalue weighted by Crippen LogP contribution is 2.13. The molecule has 1 aromatic rings. The van der Waals surface area contributed by atoms with Gasteiger partial charge >= 0.3 is 0 Å². The van der Waals surface area contributed by atoms with Gasteiger partial charge in [0.1, 0.15) is 12.2 Å². The van der Waals surface area contributed by atoms with Crippen molar-refractivity contribution >= 4 is 11.6 Å². The molecule has 0 fully saturated rings. The highest BCUT2D eigenvalue weighted by Gasteiger charge is 2.20.